The Balaban J connectivity index is 2.87. The van der Waals surface area contributed by atoms with Crippen LogP contribution in [0, 0.1) is 12.3 Å². The number of terminal acetylenes is 1. The van der Waals surface area contributed by atoms with Gasteiger partial charge in [-0.15, -0.1) is 6.42 Å². The Hall–Kier alpha value is -1.52. The normalized spacial score (nSPS) is 13.9. The standard InChI is InChI=1S/C14H16O/c1-5-14(4,15-11-12(2)3)13-9-7-6-8-10-13/h1,6-10H,2,11H2,3-4H3. The summed E-state index contributed by atoms with van der Waals surface area (Å²) in [6.45, 7) is 8.09. The Morgan fingerprint density at radius 1 is 1.47 bits per heavy atom. The van der Waals surface area contributed by atoms with Crippen molar-refractivity contribution >= 4 is 0 Å². The first-order valence-electron chi connectivity index (χ1n) is 4.90. The van der Waals surface area contributed by atoms with Gasteiger partial charge in [0.05, 0.1) is 6.61 Å². The van der Waals surface area contributed by atoms with Crippen LogP contribution in [-0.4, -0.2) is 6.61 Å². The average Bonchev–Trinajstić information content (AvgIpc) is 2.27. The molecule has 1 unspecified atom stereocenters. The molecule has 1 aromatic rings. The van der Waals surface area contributed by atoms with E-state index in [0.717, 1.165) is 11.1 Å². The summed E-state index contributed by atoms with van der Waals surface area (Å²) in [4.78, 5) is 0. The van der Waals surface area contributed by atoms with Crippen LogP contribution in [0.1, 0.15) is 19.4 Å². The molecule has 78 valence electrons. The highest BCUT2D eigenvalue weighted by atomic mass is 16.5. The van der Waals surface area contributed by atoms with Gasteiger partial charge < -0.3 is 4.74 Å². The van der Waals surface area contributed by atoms with Crippen molar-refractivity contribution in [3.63, 3.8) is 0 Å². The van der Waals surface area contributed by atoms with Crippen LogP contribution in [0.15, 0.2) is 42.5 Å². The highest BCUT2D eigenvalue weighted by Gasteiger charge is 2.24. The van der Waals surface area contributed by atoms with E-state index < -0.39 is 5.60 Å². The van der Waals surface area contributed by atoms with Crippen molar-refractivity contribution < 1.29 is 4.74 Å². The molecule has 0 saturated carbocycles. The van der Waals surface area contributed by atoms with Crippen molar-refractivity contribution in [3.05, 3.63) is 48.0 Å². The molecule has 0 radical (unpaired) electrons. The van der Waals surface area contributed by atoms with E-state index >= 15 is 0 Å². The molecule has 15 heavy (non-hydrogen) atoms. The first kappa shape index (κ1) is 11.6. The Morgan fingerprint density at radius 2 is 2.07 bits per heavy atom. The lowest BCUT2D eigenvalue weighted by Gasteiger charge is -2.24. The second-order valence-corrected chi connectivity index (χ2v) is 3.79. The molecule has 1 rings (SSSR count). The summed E-state index contributed by atoms with van der Waals surface area (Å²) in [7, 11) is 0. The van der Waals surface area contributed by atoms with E-state index in [1.165, 1.54) is 0 Å². The minimum absolute atomic E-state index is 0.482. The Bertz CT molecular complexity index is 372. The quantitative estimate of drug-likeness (QED) is 0.536. The highest BCUT2D eigenvalue weighted by molar-refractivity contribution is 5.29. The van der Waals surface area contributed by atoms with Crippen LogP contribution in [-0.2, 0) is 10.3 Å². The lowest BCUT2D eigenvalue weighted by atomic mass is 9.97. The van der Waals surface area contributed by atoms with Gasteiger partial charge in [0.1, 0.15) is 0 Å². The maximum atomic E-state index is 5.69. The number of hydrogen-bond acceptors (Lipinski definition) is 1. The van der Waals surface area contributed by atoms with Crippen molar-refractivity contribution in [2.75, 3.05) is 6.61 Å². The summed E-state index contributed by atoms with van der Waals surface area (Å²) in [5, 5.41) is 0. The molecule has 1 aromatic carbocycles. The molecule has 0 heterocycles. The second kappa shape index (κ2) is 4.82. The molecule has 0 spiro atoms. The van der Waals surface area contributed by atoms with Crippen molar-refractivity contribution in [2.24, 2.45) is 0 Å². The van der Waals surface area contributed by atoms with Crippen LogP contribution in [0.2, 0.25) is 0 Å². The van der Waals surface area contributed by atoms with E-state index in [2.05, 4.69) is 12.5 Å². The zero-order valence-electron chi connectivity index (χ0n) is 9.29. The van der Waals surface area contributed by atoms with Gasteiger partial charge in [0.25, 0.3) is 0 Å². The molecule has 1 nitrogen and oxygen atoms in total. The first-order chi connectivity index (χ1) is 7.08. The fraction of sp³-hybridized carbons (Fsp3) is 0.286. The van der Waals surface area contributed by atoms with Crippen LogP contribution in [0.5, 0.6) is 0 Å². The lowest BCUT2D eigenvalue weighted by molar-refractivity contribution is 0.0249. The predicted octanol–water partition coefficient (Wildman–Crippen LogP) is 3.13. The van der Waals surface area contributed by atoms with E-state index in [1.54, 1.807) is 0 Å². The Morgan fingerprint density at radius 3 is 2.53 bits per heavy atom. The third-order valence-electron chi connectivity index (χ3n) is 2.21. The first-order valence-corrected chi connectivity index (χ1v) is 4.90. The van der Waals surface area contributed by atoms with Gasteiger partial charge in [-0.1, -0.05) is 48.4 Å². The Labute approximate surface area is 91.8 Å². The predicted molar refractivity (Wildman–Crippen MR) is 63.4 cm³/mol. The molecule has 0 aliphatic heterocycles. The van der Waals surface area contributed by atoms with Gasteiger partial charge in [-0.3, -0.25) is 0 Å². The summed E-state index contributed by atoms with van der Waals surface area (Å²) >= 11 is 0. The van der Waals surface area contributed by atoms with Crippen LogP contribution in [0.25, 0.3) is 0 Å². The fourth-order valence-electron chi connectivity index (χ4n) is 1.23. The van der Waals surface area contributed by atoms with Crippen LogP contribution < -0.4 is 0 Å². The number of hydrogen-bond donors (Lipinski definition) is 0. The minimum atomic E-state index is -0.666. The second-order valence-electron chi connectivity index (χ2n) is 3.79. The molecule has 1 atom stereocenters. The number of rotatable bonds is 4. The van der Waals surface area contributed by atoms with E-state index in [0.29, 0.717) is 6.61 Å². The molecule has 0 aliphatic carbocycles. The van der Waals surface area contributed by atoms with E-state index in [-0.39, 0.29) is 0 Å². The average molecular weight is 200 g/mol. The molecule has 1 heteroatoms. The van der Waals surface area contributed by atoms with Gasteiger partial charge >= 0.3 is 0 Å². The van der Waals surface area contributed by atoms with Crippen LogP contribution in [0.3, 0.4) is 0 Å². The summed E-state index contributed by atoms with van der Waals surface area (Å²) < 4.78 is 5.69. The van der Waals surface area contributed by atoms with Crippen LogP contribution >= 0.6 is 0 Å². The van der Waals surface area contributed by atoms with Crippen molar-refractivity contribution in [1.82, 2.24) is 0 Å². The van der Waals surface area contributed by atoms with Crippen molar-refractivity contribution in [2.45, 2.75) is 19.4 Å². The zero-order chi connectivity index (χ0) is 11.3. The summed E-state index contributed by atoms with van der Waals surface area (Å²) in [5.74, 6) is 2.69. The van der Waals surface area contributed by atoms with E-state index in [4.69, 9.17) is 11.2 Å². The van der Waals surface area contributed by atoms with Gasteiger partial charge in [0, 0.05) is 0 Å². The van der Waals surface area contributed by atoms with E-state index in [9.17, 15) is 0 Å². The maximum Gasteiger partial charge on any atom is 0.151 e. The van der Waals surface area contributed by atoms with Gasteiger partial charge in [-0.25, -0.2) is 0 Å². The molecule has 0 N–H and O–H groups in total. The van der Waals surface area contributed by atoms with Gasteiger partial charge in [-0.2, -0.15) is 0 Å². The summed E-state index contributed by atoms with van der Waals surface area (Å²) in [6, 6.07) is 9.81. The van der Waals surface area contributed by atoms with Gasteiger partial charge in [0.2, 0.25) is 0 Å². The molecule has 0 aliphatic rings. The number of ether oxygens (including phenoxy) is 1. The highest BCUT2D eigenvalue weighted by Crippen LogP contribution is 2.24. The SMILES string of the molecule is C#CC(C)(OCC(=C)C)c1ccccc1. The smallest absolute Gasteiger partial charge is 0.151 e. The molecule has 0 aromatic heterocycles. The van der Waals surface area contributed by atoms with Gasteiger partial charge in [0.15, 0.2) is 5.60 Å². The molecule has 0 amide bonds. The molecular formula is C14H16O. The molecular weight excluding hydrogens is 184 g/mol. The third kappa shape index (κ3) is 2.97. The fourth-order valence-corrected chi connectivity index (χ4v) is 1.23. The molecule has 0 bridgehead atoms. The third-order valence-corrected chi connectivity index (χ3v) is 2.21. The monoisotopic (exact) mass is 200 g/mol. The topological polar surface area (TPSA) is 9.23 Å². The summed E-state index contributed by atoms with van der Waals surface area (Å²) in [5.41, 5.74) is 1.29. The zero-order valence-corrected chi connectivity index (χ0v) is 9.29. The minimum Gasteiger partial charge on any atom is -0.354 e. The molecule has 0 saturated heterocycles. The van der Waals surface area contributed by atoms with Crippen molar-refractivity contribution in [3.8, 4) is 12.3 Å². The van der Waals surface area contributed by atoms with Crippen LogP contribution in [0.4, 0.5) is 0 Å². The lowest BCUT2D eigenvalue weighted by Crippen LogP contribution is -2.24. The van der Waals surface area contributed by atoms with Gasteiger partial charge in [-0.05, 0) is 19.4 Å². The number of benzene rings is 1. The summed E-state index contributed by atoms with van der Waals surface area (Å²) in [6.07, 6.45) is 5.52. The molecule has 0 fully saturated rings. The van der Waals surface area contributed by atoms with E-state index in [1.807, 2.05) is 44.2 Å². The largest absolute Gasteiger partial charge is 0.354 e. The maximum absolute atomic E-state index is 5.69. The Kier molecular flexibility index (Phi) is 3.71. The van der Waals surface area contributed by atoms with Crippen molar-refractivity contribution in [1.29, 1.82) is 0 Å².